The van der Waals surface area contributed by atoms with Crippen LogP contribution < -0.4 is 22.5 Å². The third-order valence-corrected chi connectivity index (χ3v) is 5.47. The topological polar surface area (TPSA) is 67.9 Å². The zero-order chi connectivity index (χ0) is 18.5. The van der Waals surface area contributed by atoms with Crippen molar-refractivity contribution in [3.63, 3.8) is 0 Å². The molecule has 0 atom stereocenters. The highest BCUT2D eigenvalue weighted by Crippen LogP contribution is 2.37. The molecule has 1 aromatic carbocycles. The van der Waals surface area contributed by atoms with Crippen LogP contribution in [0.25, 0.3) is 0 Å². The number of nitrogens with one attached hydrogen (secondary N) is 1. The Morgan fingerprint density at radius 2 is 2.00 bits per heavy atom. The lowest BCUT2D eigenvalue weighted by atomic mass is 10.0. The first kappa shape index (κ1) is 21.2. The summed E-state index contributed by atoms with van der Waals surface area (Å²) in [5.41, 5.74) is 1.47. The van der Waals surface area contributed by atoms with E-state index in [1.807, 2.05) is 18.2 Å². The van der Waals surface area contributed by atoms with Gasteiger partial charge in [0.1, 0.15) is 10.8 Å². The number of hydrogen-bond acceptors (Lipinski definition) is 6. The maximum Gasteiger partial charge on any atom is 0.341 e. The molecule has 0 aliphatic carbocycles. The standard InChI is InChI=1S/C19H22N2O4S.ClH/c1-3-21-10-9-14-15(11-21)26-18(17(14)19(23)24-2)20-16(22)12-25-13-7-5-4-6-8-13;/h4-8H,3,9-12H2,1-2H3,(H,20,22);1H/p-1. The average Bonchev–Trinajstić information content (AvgIpc) is 3.03. The Hall–Kier alpha value is -2.09. The number of para-hydroxylation sites is 1. The molecule has 1 aromatic heterocycles. The van der Waals surface area contributed by atoms with Crippen molar-refractivity contribution in [2.45, 2.75) is 19.9 Å². The van der Waals surface area contributed by atoms with Crippen LogP contribution in [0.1, 0.15) is 27.7 Å². The van der Waals surface area contributed by atoms with Gasteiger partial charge in [-0.05, 0) is 30.7 Å². The van der Waals surface area contributed by atoms with Gasteiger partial charge in [-0.15, -0.1) is 11.3 Å². The lowest BCUT2D eigenvalue weighted by molar-refractivity contribution is -0.118. The molecule has 0 saturated heterocycles. The first-order valence-corrected chi connectivity index (χ1v) is 9.37. The number of nitrogens with zero attached hydrogens (tertiary/aromatic N) is 1. The normalized spacial score (nSPS) is 13.3. The molecule has 0 fully saturated rings. The number of fused-ring (bicyclic) bond motifs is 1. The number of carbonyl (C=O) groups is 2. The highest BCUT2D eigenvalue weighted by Gasteiger charge is 2.28. The molecule has 2 heterocycles. The number of likely N-dealkylation sites (N-methyl/N-ethyl adjacent to an activating group) is 1. The van der Waals surface area contributed by atoms with Crippen molar-refractivity contribution in [3.8, 4) is 5.75 Å². The van der Waals surface area contributed by atoms with Gasteiger partial charge in [0.05, 0.1) is 12.7 Å². The molecule has 8 heteroatoms. The zero-order valence-electron chi connectivity index (χ0n) is 15.3. The van der Waals surface area contributed by atoms with E-state index < -0.39 is 5.97 Å². The summed E-state index contributed by atoms with van der Waals surface area (Å²) < 4.78 is 10.4. The fraction of sp³-hybridized carbons (Fsp3) is 0.368. The van der Waals surface area contributed by atoms with E-state index in [0.29, 0.717) is 16.3 Å². The van der Waals surface area contributed by atoms with Crippen LogP contribution in [0.5, 0.6) is 5.75 Å². The van der Waals surface area contributed by atoms with E-state index in [0.717, 1.165) is 36.5 Å². The molecule has 0 unspecified atom stereocenters. The van der Waals surface area contributed by atoms with Crippen molar-refractivity contribution in [2.75, 3.05) is 32.1 Å². The van der Waals surface area contributed by atoms with E-state index in [4.69, 9.17) is 9.47 Å². The number of methoxy groups -OCH3 is 1. The van der Waals surface area contributed by atoms with Gasteiger partial charge in [0.2, 0.25) is 0 Å². The largest absolute Gasteiger partial charge is 1.00 e. The number of anilines is 1. The molecule has 146 valence electrons. The average molecular weight is 410 g/mol. The molecule has 0 radical (unpaired) electrons. The summed E-state index contributed by atoms with van der Waals surface area (Å²) in [5, 5.41) is 3.36. The third-order valence-electron chi connectivity index (χ3n) is 4.34. The number of carbonyl (C=O) groups excluding carboxylic acids is 2. The predicted octanol–water partition coefficient (Wildman–Crippen LogP) is -0.0658. The zero-order valence-corrected chi connectivity index (χ0v) is 16.9. The molecule has 2 aromatic rings. The maximum absolute atomic E-state index is 12.3. The molecule has 3 rings (SSSR count). The monoisotopic (exact) mass is 409 g/mol. The summed E-state index contributed by atoms with van der Waals surface area (Å²) in [7, 11) is 1.36. The number of benzene rings is 1. The number of ether oxygens (including phenoxy) is 2. The molecule has 27 heavy (non-hydrogen) atoms. The van der Waals surface area contributed by atoms with E-state index in [2.05, 4.69) is 17.1 Å². The minimum absolute atomic E-state index is 0. The molecule has 0 spiro atoms. The number of thiophene rings is 1. The second-order valence-electron chi connectivity index (χ2n) is 5.97. The van der Waals surface area contributed by atoms with Crippen LogP contribution in [0.4, 0.5) is 5.00 Å². The minimum Gasteiger partial charge on any atom is -1.00 e. The van der Waals surface area contributed by atoms with Crippen LogP contribution in [-0.2, 0) is 22.5 Å². The Morgan fingerprint density at radius 1 is 1.26 bits per heavy atom. The van der Waals surface area contributed by atoms with Gasteiger partial charge in [0, 0.05) is 18.0 Å². The third kappa shape index (κ3) is 5.00. The Morgan fingerprint density at radius 3 is 2.67 bits per heavy atom. The maximum atomic E-state index is 12.3. The van der Waals surface area contributed by atoms with Crippen LogP contribution in [0.3, 0.4) is 0 Å². The van der Waals surface area contributed by atoms with Crippen molar-refractivity contribution >= 4 is 28.2 Å². The minimum atomic E-state index is -0.410. The van der Waals surface area contributed by atoms with Crippen molar-refractivity contribution in [1.29, 1.82) is 0 Å². The molecular weight excluding hydrogens is 388 g/mol. The smallest absolute Gasteiger partial charge is 0.341 e. The molecule has 1 amide bonds. The number of amides is 1. The van der Waals surface area contributed by atoms with Gasteiger partial charge in [-0.25, -0.2) is 4.79 Å². The van der Waals surface area contributed by atoms with Gasteiger partial charge in [-0.1, -0.05) is 25.1 Å². The van der Waals surface area contributed by atoms with E-state index in [-0.39, 0.29) is 24.9 Å². The fourth-order valence-corrected chi connectivity index (χ4v) is 4.25. The quantitative estimate of drug-likeness (QED) is 0.677. The molecule has 6 nitrogen and oxygen atoms in total. The van der Waals surface area contributed by atoms with E-state index in [1.165, 1.54) is 18.4 Å². The number of esters is 1. The van der Waals surface area contributed by atoms with Crippen LogP contribution in [0, 0.1) is 0 Å². The molecule has 1 aliphatic rings. The Kier molecular flexibility index (Phi) is 7.65. The summed E-state index contributed by atoms with van der Waals surface area (Å²) >= 11 is 1.44. The molecular formula is C19H22ClN2O4S-. The first-order chi connectivity index (χ1) is 12.6. The van der Waals surface area contributed by atoms with Crippen LogP contribution >= 0.6 is 11.3 Å². The van der Waals surface area contributed by atoms with Crippen molar-refractivity contribution < 1.29 is 31.5 Å². The van der Waals surface area contributed by atoms with Crippen LogP contribution in [0.2, 0.25) is 0 Å². The highest BCUT2D eigenvalue weighted by molar-refractivity contribution is 7.17. The summed E-state index contributed by atoms with van der Waals surface area (Å²) in [6, 6.07) is 9.14. The number of halogens is 1. The first-order valence-electron chi connectivity index (χ1n) is 8.55. The Balaban J connectivity index is 0.00000261. The lowest BCUT2D eigenvalue weighted by Gasteiger charge is -2.25. The van der Waals surface area contributed by atoms with Crippen molar-refractivity contribution in [1.82, 2.24) is 4.90 Å². The molecule has 1 N–H and O–H groups in total. The fourth-order valence-electron chi connectivity index (χ4n) is 2.96. The highest BCUT2D eigenvalue weighted by atomic mass is 35.5. The van der Waals surface area contributed by atoms with Gasteiger partial charge < -0.3 is 27.2 Å². The summed E-state index contributed by atoms with van der Waals surface area (Å²) in [5.74, 6) is -0.0865. The van der Waals surface area contributed by atoms with Gasteiger partial charge in [-0.2, -0.15) is 0 Å². The van der Waals surface area contributed by atoms with Gasteiger partial charge >= 0.3 is 5.97 Å². The van der Waals surface area contributed by atoms with E-state index in [1.54, 1.807) is 12.1 Å². The number of hydrogen-bond donors (Lipinski definition) is 1. The SMILES string of the molecule is CCN1CCc2c(sc(NC(=O)COc3ccccc3)c2C(=O)OC)C1.[Cl-]. The Labute approximate surface area is 168 Å². The summed E-state index contributed by atoms with van der Waals surface area (Å²) in [4.78, 5) is 28.0. The molecule has 0 saturated carbocycles. The van der Waals surface area contributed by atoms with E-state index >= 15 is 0 Å². The van der Waals surface area contributed by atoms with Gasteiger partial charge in [-0.3, -0.25) is 9.69 Å². The van der Waals surface area contributed by atoms with Crippen molar-refractivity contribution in [2.24, 2.45) is 0 Å². The predicted molar refractivity (Wildman–Crippen MR) is 101 cm³/mol. The molecule has 0 bridgehead atoms. The Bertz CT molecular complexity index is 795. The van der Waals surface area contributed by atoms with Crippen LogP contribution in [-0.4, -0.2) is 43.6 Å². The second kappa shape index (κ2) is 9.73. The van der Waals surface area contributed by atoms with E-state index in [9.17, 15) is 9.59 Å². The second-order valence-corrected chi connectivity index (χ2v) is 7.07. The number of rotatable bonds is 6. The molecule has 1 aliphatic heterocycles. The lowest BCUT2D eigenvalue weighted by Crippen LogP contribution is -3.00. The van der Waals surface area contributed by atoms with Gasteiger partial charge in [0.25, 0.3) is 5.91 Å². The van der Waals surface area contributed by atoms with Gasteiger partial charge in [0.15, 0.2) is 6.61 Å². The summed E-state index contributed by atoms with van der Waals surface area (Å²) in [6.07, 6.45) is 0.778. The van der Waals surface area contributed by atoms with Crippen LogP contribution in [0.15, 0.2) is 30.3 Å². The summed E-state index contributed by atoms with van der Waals surface area (Å²) in [6.45, 7) is 4.64. The van der Waals surface area contributed by atoms with Crippen molar-refractivity contribution in [3.05, 3.63) is 46.3 Å².